The predicted molar refractivity (Wildman–Crippen MR) is 60.8 cm³/mol. The second-order valence-corrected chi connectivity index (χ2v) is 3.72. The molecule has 1 aliphatic rings. The number of hydrogen-bond donors (Lipinski definition) is 1. The zero-order chi connectivity index (χ0) is 16.3. The molecule has 0 saturated heterocycles. The lowest BCUT2D eigenvalue weighted by Gasteiger charge is -2.32. The summed E-state index contributed by atoms with van der Waals surface area (Å²) in [5.74, 6) is -0.916. The molecule has 0 aliphatic heterocycles. The molecule has 0 bridgehead atoms. The lowest BCUT2D eigenvalue weighted by Crippen LogP contribution is -2.47. The summed E-state index contributed by atoms with van der Waals surface area (Å²) in [6.45, 7) is 0. The highest BCUT2D eigenvalue weighted by molar-refractivity contribution is 6.31. The highest BCUT2D eigenvalue weighted by Crippen LogP contribution is 2.35. The molecule has 80 valence electrons. The standard InChI is InChI=1S/C12H14ClNO/c13-10-6-2-1-5-9(10)12(14)8-4-3-7-11(12)15/h1-2,5-6H,3-4,7-8,14H2/i3D2,4D2,8D2. The van der Waals surface area contributed by atoms with Crippen LogP contribution in [-0.4, -0.2) is 5.78 Å². The average molecular weight is 230 g/mol. The van der Waals surface area contributed by atoms with E-state index >= 15 is 0 Å². The molecule has 3 heteroatoms. The molecule has 2 rings (SSSR count). The van der Waals surface area contributed by atoms with E-state index in [1.807, 2.05) is 0 Å². The number of benzene rings is 1. The smallest absolute Gasteiger partial charge is 0.157 e. The minimum absolute atomic E-state index is 0.0375. The number of hydrogen-bond acceptors (Lipinski definition) is 2. The molecule has 0 spiro atoms. The third kappa shape index (κ3) is 1.80. The molecule has 0 radical (unpaired) electrons. The van der Waals surface area contributed by atoms with Gasteiger partial charge in [-0.3, -0.25) is 4.79 Å². The summed E-state index contributed by atoms with van der Waals surface area (Å²) in [4.78, 5) is 12.4. The summed E-state index contributed by atoms with van der Waals surface area (Å²) in [5, 5.41) is 0.0375. The van der Waals surface area contributed by atoms with Crippen LogP contribution in [0.25, 0.3) is 0 Å². The molecule has 1 aromatic carbocycles. The Bertz CT molecular complexity index is 605. The predicted octanol–water partition coefficient (Wildman–Crippen LogP) is 2.64. The highest BCUT2D eigenvalue weighted by Gasteiger charge is 2.38. The maximum Gasteiger partial charge on any atom is 0.157 e. The second-order valence-electron chi connectivity index (χ2n) is 3.31. The van der Waals surface area contributed by atoms with Crippen molar-refractivity contribution in [3.05, 3.63) is 34.9 Å². The number of carbonyl (C=O) groups excluding carboxylic acids is 1. The van der Waals surface area contributed by atoms with Gasteiger partial charge in [-0.05, 0) is 24.4 Å². The van der Waals surface area contributed by atoms with Crippen LogP contribution in [0.3, 0.4) is 0 Å². The molecule has 0 amide bonds. The molecule has 2 N–H and O–H groups in total. The first-order valence-electron chi connectivity index (χ1n) is 7.47. The summed E-state index contributed by atoms with van der Waals surface area (Å²) in [6, 6.07) is 5.87. The van der Waals surface area contributed by atoms with E-state index in [1.165, 1.54) is 18.2 Å². The second kappa shape index (κ2) is 3.95. The molecule has 1 aliphatic carbocycles. The van der Waals surface area contributed by atoms with Crippen molar-refractivity contribution in [2.45, 2.75) is 31.1 Å². The van der Waals surface area contributed by atoms with Crippen molar-refractivity contribution in [1.29, 1.82) is 0 Å². The number of nitrogens with two attached hydrogens (primary N) is 1. The van der Waals surface area contributed by atoms with Gasteiger partial charge in [-0.2, -0.15) is 0 Å². The summed E-state index contributed by atoms with van der Waals surface area (Å²) >= 11 is 5.99. The van der Waals surface area contributed by atoms with Gasteiger partial charge in [0.15, 0.2) is 5.78 Å². The number of carbonyl (C=O) groups is 1. The number of Topliss-reactive ketones (excluding diaryl/α,β-unsaturated/α-hetero) is 1. The third-order valence-corrected chi connectivity index (χ3v) is 2.67. The van der Waals surface area contributed by atoms with E-state index in [0.29, 0.717) is 0 Å². The fraction of sp³-hybridized carbons (Fsp3) is 0.417. The molecule has 2 nitrogen and oxygen atoms in total. The van der Waals surface area contributed by atoms with Crippen LogP contribution in [0.5, 0.6) is 0 Å². The van der Waals surface area contributed by atoms with Gasteiger partial charge in [-0.15, -0.1) is 0 Å². The van der Waals surface area contributed by atoms with Gasteiger partial charge in [-0.25, -0.2) is 0 Å². The number of rotatable bonds is 1. The maximum absolute atomic E-state index is 12.4. The summed E-state index contributed by atoms with van der Waals surface area (Å²) in [5.41, 5.74) is 3.60. The monoisotopic (exact) mass is 229 g/mol. The van der Waals surface area contributed by atoms with Gasteiger partial charge in [-0.1, -0.05) is 36.2 Å². The molecule has 1 saturated carbocycles. The van der Waals surface area contributed by atoms with E-state index in [1.54, 1.807) is 6.07 Å². The summed E-state index contributed by atoms with van der Waals surface area (Å²) in [7, 11) is 0. The molecule has 0 aromatic heterocycles. The van der Waals surface area contributed by atoms with Gasteiger partial charge in [0.1, 0.15) is 5.54 Å². The van der Waals surface area contributed by atoms with Gasteiger partial charge < -0.3 is 5.73 Å². The lowest BCUT2D eigenvalue weighted by molar-refractivity contribution is -0.126. The van der Waals surface area contributed by atoms with Crippen molar-refractivity contribution >= 4 is 17.4 Å². The Morgan fingerprint density at radius 3 is 2.87 bits per heavy atom. The van der Waals surface area contributed by atoms with Crippen molar-refractivity contribution < 1.29 is 13.0 Å². The lowest BCUT2D eigenvalue weighted by atomic mass is 9.76. The van der Waals surface area contributed by atoms with Crippen LogP contribution < -0.4 is 5.73 Å². The van der Waals surface area contributed by atoms with Crippen LogP contribution in [0.1, 0.15) is 39.3 Å². The minimum atomic E-state index is -2.97. The Hall–Kier alpha value is -0.860. The fourth-order valence-electron chi connectivity index (χ4n) is 1.47. The van der Waals surface area contributed by atoms with Crippen molar-refractivity contribution in [1.82, 2.24) is 0 Å². The van der Waals surface area contributed by atoms with Crippen LogP contribution in [-0.2, 0) is 10.3 Å². The van der Waals surface area contributed by atoms with Gasteiger partial charge in [0.2, 0.25) is 0 Å². The molecule has 15 heavy (non-hydrogen) atoms. The summed E-state index contributed by atoms with van der Waals surface area (Å²) < 4.78 is 47.1. The largest absolute Gasteiger partial charge is 0.315 e. The Labute approximate surface area is 103 Å². The van der Waals surface area contributed by atoms with Crippen LogP contribution in [0, 0.1) is 0 Å². The minimum Gasteiger partial charge on any atom is -0.315 e. The van der Waals surface area contributed by atoms with Gasteiger partial charge >= 0.3 is 0 Å². The summed E-state index contributed by atoms with van der Waals surface area (Å²) in [6.07, 6.45) is -9.40. The third-order valence-electron chi connectivity index (χ3n) is 2.34. The fourth-order valence-corrected chi connectivity index (χ4v) is 1.76. The zero-order valence-corrected chi connectivity index (χ0v) is 8.64. The van der Waals surface area contributed by atoms with Gasteiger partial charge in [0.25, 0.3) is 0 Å². The molecule has 0 heterocycles. The quantitative estimate of drug-likeness (QED) is 0.805. The number of halogens is 1. The van der Waals surface area contributed by atoms with Gasteiger partial charge in [0.05, 0.1) is 0 Å². The van der Waals surface area contributed by atoms with Crippen LogP contribution in [0.4, 0.5) is 0 Å². The SMILES string of the molecule is [2H]C1([2H])CC(=O)C(N)(c2ccccc2Cl)C([2H])([2H])C1([2H])[2H]. The van der Waals surface area contributed by atoms with E-state index in [9.17, 15) is 4.79 Å². The topological polar surface area (TPSA) is 43.1 Å². The van der Waals surface area contributed by atoms with E-state index in [2.05, 4.69) is 0 Å². The molecule has 1 aromatic rings. The van der Waals surface area contributed by atoms with Crippen molar-refractivity contribution in [2.75, 3.05) is 0 Å². The maximum atomic E-state index is 12.4. The van der Waals surface area contributed by atoms with Crippen LogP contribution >= 0.6 is 11.6 Å². The Kier molecular flexibility index (Phi) is 1.44. The molecular formula is C12H14ClNO. The highest BCUT2D eigenvalue weighted by atomic mass is 35.5. The van der Waals surface area contributed by atoms with Crippen molar-refractivity contribution in [3.63, 3.8) is 0 Å². The van der Waals surface area contributed by atoms with Crippen molar-refractivity contribution in [2.24, 2.45) is 5.73 Å². The zero-order valence-electron chi connectivity index (χ0n) is 13.9. The first-order chi connectivity index (χ1) is 9.39. The first-order valence-corrected chi connectivity index (χ1v) is 4.84. The Morgan fingerprint density at radius 2 is 2.13 bits per heavy atom. The van der Waals surface area contributed by atoms with E-state index in [-0.39, 0.29) is 10.6 Å². The van der Waals surface area contributed by atoms with E-state index < -0.39 is 36.9 Å². The molecular weight excluding hydrogens is 210 g/mol. The number of ketones is 1. The average Bonchev–Trinajstić information content (AvgIpc) is 2.35. The normalized spacial score (nSPS) is 42.7. The Balaban J connectivity index is 2.74. The molecule has 1 unspecified atom stereocenters. The molecule has 1 atom stereocenters. The van der Waals surface area contributed by atoms with Crippen LogP contribution in [0.15, 0.2) is 24.3 Å². The Morgan fingerprint density at radius 1 is 1.40 bits per heavy atom. The van der Waals surface area contributed by atoms with E-state index in [0.717, 1.165) is 0 Å². The van der Waals surface area contributed by atoms with Crippen molar-refractivity contribution in [3.8, 4) is 0 Å². The first kappa shape index (κ1) is 5.46. The van der Waals surface area contributed by atoms with Gasteiger partial charge in [0, 0.05) is 19.7 Å². The van der Waals surface area contributed by atoms with E-state index in [4.69, 9.17) is 25.6 Å². The van der Waals surface area contributed by atoms with Crippen LogP contribution in [0.2, 0.25) is 5.02 Å². The molecule has 1 fully saturated rings.